The highest BCUT2D eigenvalue weighted by Gasteiger charge is 2.34. The predicted molar refractivity (Wildman–Crippen MR) is 110 cm³/mol. The Morgan fingerprint density at radius 3 is 2.75 bits per heavy atom. The molecule has 1 amide bonds. The van der Waals surface area contributed by atoms with E-state index in [1.807, 2.05) is 60.5 Å². The van der Waals surface area contributed by atoms with Gasteiger partial charge in [0.1, 0.15) is 18.1 Å². The van der Waals surface area contributed by atoms with Crippen LogP contribution in [0, 0.1) is 0 Å². The van der Waals surface area contributed by atoms with Gasteiger partial charge >= 0.3 is 0 Å². The molecule has 0 saturated heterocycles. The lowest BCUT2D eigenvalue weighted by Crippen LogP contribution is -2.43. The van der Waals surface area contributed by atoms with Crippen LogP contribution in [0.25, 0.3) is 16.9 Å². The van der Waals surface area contributed by atoms with E-state index in [0.717, 1.165) is 34.0 Å². The Bertz CT molecular complexity index is 1030. The zero-order chi connectivity index (χ0) is 20.1. The highest BCUT2D eigenvalue weighted by Crippen LogP contribution is 2.42. The van der Waals surface area contributed by atoms with Crippen LogP contribution in [0.4, 0.5) is 0 Å². The zero-order valence-electron chi connectivity index (χ0n) is 16.6. The molecule has 1 aliphatic heterocycles. The van der Waals surface area contributed by atoms with Crippen LogP contribution < -0.4 is 9.47 Å². The second-order valence-corrected chi connectivity index (χ2v) is 8.53. The first-order valence-corrected chi connectivity index (χ1v) is 9.99. The molecule has 4 rings (SSSR count). The summed E-state index contributed by atoms with van der Waals surface area (Å²) >= 11 is 1.59. The molecular weight excluding hydrogens is 374 g/mol. The van der Waals surface area contributed by atoms with Gasteiger partial charge in [-0.2, -0.15) is 16.4 Å². The van der Waals surface area contributed by atoms with Gasteiger partial charge in [-0.15, -0.1) is 0 Å². The van der Waals surface area contributed by atoms with E-state index in [4.69, 9.17) is 14.6 Å². The predicted octanol–water partition coefficient (Wildman–Crippen LogP) is 4.37. The number of carbonyl (C=O) groups excluding carboxylic acids is 1. The summed E-state index contributed by atoms with van der Waals surface area (Å²) in [6, 6.07) is 7.72. The van der Waals surface area contributed by atoms with Gasteiger partial charge in [-0.05, 0) is 44.4 Å². The zero-order valence-corrected chi connectivity index (χ0v) is 17.5. The van der Waals surface area contributed by atoms with E-state index in [0.29, 0.717) is 12.3 Å². The summed E-state index contributed by atoms with van der Waals surface area (Å²) in [5, 5.41) is 8.75. The highest BCUT2D eigenvalue weighted by molar-refractivity contribution is 7.08. The van der Waals surface area contributed by atoms with Crippen molar-refractivity contribution in [2.75, 3.05) is 14.2 Å². The number of hydrogen-bond donors (Lipinski definition) is 0. The van der Waals surface area contributed by atoms with Crippen LogP contribution in [-0.2, 0) is 6.61 Å². The van der Waals surface area contributed by atoms with Crippen molar-refractivity contribution in [3.05, 3.63) is 46.3 Å². The van der Waals surface area contributed by atoms with Crippen LogP contribution in [0.1, 0.15) is 36.8 Å². The summed E-state index contributed by atoms with van der Waals surface area (Å²) in [5.41, 5.74) is 3.66. The number of amides is 1. The van der Waals surface area contributed by atoms with E-state index in [1.165, 1.54) is 0 Å². The summed E-state index contributed by atoms with van der Waals surface area (Å²) in [7, 11) is 3.44. The van der Waals surface area contributed by atoms with Gasteiger partial charge in [0.25, 0.3) is 5.91 Å². The number of hydrogen-bond acceptors (Lipinski definition) is 5. The summed E-state index contributed by atoms with van der Waals surface area (Å²) < 4.78 is 13.1. The second kappa shape index (κ2) is 6.67. The van der Waals surface area contributed by atoms with Crippen LogP contribution >= 0.6 is 11.3 Å². The molecule has 146 valence electrons. The first-order valence-electron chi connectivity index (χ1n) is 9.05. The maximum Gasteiger partial charge on any atom is 0.274 e. The molecule has 1 aliphatic rings. The standard InChI is InChI=1S/C21H23N3O3S/c1-21(2,3)23(4)20(25)18-16-11-27-17-10-14(26-5)6-7-15(17)19(16)24(22-18)13-8-9-28-12-13/h6-10,12H,11H2,1-5H3. The van der Waals surface area contributed by atoms with E-state index >= 15 is 0 Å². The molecule has 0 radical (unpaired) electrons. The van der Waals surface area contributed by atoms with Crippen molar-refractivity contribution in [2.45, 2.75) is 32.9 Å². The van der Waals surface area contributed by atoms with Crippen molar-refractivity contribution in [3.8, 4) is 28.4 Å². The van der Waals surface area contributed by atoms with Crippen LogP contribution in [0.3, 0.4) is 0 Å². The fourth-order valence-electron chi connectivity index (χ4n) is 3.16. The number of benzene rings is 1. The number of rotatable bonds is 3. The van der Waals surface area contributed by atoms with Crippen LogP contribution in [0.2, 0.25) is 0 Å². The number of nitrogens with zero attached hydrogens (tertiary/aromatic N) is 3. The molecule has 0 N–H and O–H groups in total. The molecule has 0 bridgehead atoms. The summed E-state index contributed by atoms with van der Waals surface area (Å²) in [4.78, 5) is 15.0. The van der Waals surface area contributed by atoms with Gasteiger partial charge in [0.2, 0.25) is 0 Å². The number of ether oxygens (including phenoxy) is 2. The minimum atomic E-state index is -0.309. The van der Waals surface area contributed by atoms with Gasteiger partial charge in [-0.25, -0.2) is 4.68 Å². The molecule has 28 heavy (non-hydrogen) atoms. The molecular formula is C21H23N3O3S. The van der Waals surface area contributed by atoms with E-state index in [2.05, 4.69) is 0 Å². The Hall–Kier alpha value is -2.80. The maximum absolute atomic E-state index is 13.2. The highest BCUT2D eigenvalue weighted by atomic mass is 32.1. The fraction of sp³-hybridized carbons (Fsp3) is 0.333. The van der Waals surface area contributed by atoms with E-state index in [1.54, 1.807) is 30.4 Å². The largest absolute Gasteiger partial charge is 0.497 e. The van der Waals surface area contributed by atoms with Gasteiger partial charge < -0.3 is 14.4 Å². The topological polar surface area (TPSA) is 56.6 Å². The molecule has 0 saturated carbocycles. The Morgan fingerprint density at radius 1 is 1.32 bits per heavy atom. The molecule has 7 heteroatoms. The Labute approximate surface area is 168 Å². The van der Waals surface area contributed by atoms with Gasteiger partial charge in [-0.3, -0.25) is 4.79 Å². The van der Waals surface area contributed by atoms with Gasteiger partial charge in [0.05, 0.1) is 18.5 Å². The van der Waals surface area contributed by atoms with Gasteiger partial charge in [0, 0.05) is 35.2 Å². The Balaban J connectivity index is 1.92. The second-order valence-electron chi connectivity index (χ2n) is 7.75. The van der Waals surface area contributed by atoms with Crippen molar-refractivity contribution in [1.29, 1.82) is 0 Å². The summed E-state index contributed by atoms with van der Waals surface area (Å²) in [6.07, 6.45) is 0. The van der Waals surface area contributed by atoms with Crippen molar-refractivity contribution in [1.82, 2.24) is 14.7 Å². The normalized spacial score (nSPS) is 12.8. The number of fused-ring (bicyclic) bond motifs is 3. The minimum Gasteiger partial charge on any atom is -0.497 e. The molecule has 0 atom stereocenters. The summed E-state index contributed by atoms with van der Waals surface area (Å²) in [5.74, 6) is 1.34. The molecule has 0 spiro atoms. The van der Waals surface area contributed by atoms with Gasteiger partial charge in [0.15, 0.2) is 5.69 Å². The van der Waals surface area contributed by atoms with E-state index in [9.17, 15) is 4.79 Å². The fourth-order valence-corrected chi connectivity index (χ4v) is 3.77. The first kappa shape index (κ1) is 18.6. The van der Waals surface area contributed by atoms with Crippen LogP contribution in [0.5, 0.6) is 11.5 Å². The lowest BCUT2D eigenvalue weighted by molar-refractivity contribution is 0.0646. The van der Waals surface area contributed by atoms with Crippen molar-refractivity contribution >= 4 is 17.2 Å². The molecule has 3 aromatic rings. The first-order chi connectivity index (χ1) is 13.3. The number of carbonyl (C=O) groups is 1. The Morgan fingerprint density at radius 2 is 2.11 bits per heavy atom. The molecule has 1 aromatic carbocycles. The molecule has 0 aliphatic carbocycles. The van der Waals surface area contributed by atoms with Crippen LogP contribution in [0.15, 0.2) is 35.0 Å². The van der Waals surface area contributed by atoms with Crippen molar-refractivity contribution in [2.24, 2.45) is 0 Å². The lowest BCUT2D eigenvalue weighted by Gasteiger charge is -2.31. The number of methoxy groups -OCH3 is 1. The van der Waals surface area contributed by atoms with Gasteiger partial charge in [-0.1, -0.05) is 0 Å². The molecule has 6 nitrogen and oxygen atoms in total. The third kappa shape index (κ3) is 2.96. The SMILES string of the molecule is COc1ccc2c(c1)OCc1c(C(=O)N(C)C(C)(C)C)nn(-c3ccsc3)c1-2. The van der Waals surface area contributed by atoms with E-state index < -0.39 is 0 Å². The molecule has 0 unspecified atom stereocenters. The molecule has 2 aromatic heterocycles. The monoisotopic (exact) mass is 397 g/mol. The molecule has 3 heterocycles. The van der Waals surface area contributed by atoms with Crippen LogP contribution in [-0.4, -0.2) is 40.3 Å². The minimum absolute atomic E-state index is 0.113. The average Bonchev–Trinajstić information content (AvgIpc) is 3.33. The Kier molecular flexibility index (Phi) is 4.42. The molecule has 0 fully saturated rings. The smallest absolute Gasteiger partial charge is 0.274 e. The average molecular weight is 398 g/mol. The quantitative estimate of drug-likeness (QED) is 0.658. The lowest BCUT2D eigenvalue weighted by atomic mass is 10.0. The third-order valence-electron chi connectivity index (χ3n) is 5.06. The van der Waals surface area contributed by atoms with Crippen molar-refractivity contribution < 1.29 is 14.3 Å². The number of thiophene rings is 1. The van der Waals surface area contributed by atoms with Crippen molar-refractivity contribution in [3.63, 3.8) is 0 Å². The third-order valence-corrected chi connectivity index (χ3v) is 5.73. The van der Waals surface area contributed by atoms with E-state index in [-0.39, 0.29) is 11.4 Å². The number of aromatic nitrogens is 2. The maximum atomic E-state index is 13.2. The summed E-state index contributed by atoms with van der Waals surface area (Å²) in [6.45, 7) is 6.31.